The molecule has 29 heavy (non-hydrogen) atoms. The van der Waals surface area contributed by atoms with Gasteiger partial charge in [-0.25, -0.2) is 0 Å². The molecule has 0 unspecified atom stereocenters. The van der Waals surface area contributed by atoms with E-state index in [0.29, 0.717) is 27.8 Å². The smallest absolute Gasteiger partial charge is 0.253 e. The predicted molar refractivity (Wildman–Crippen MR) is 109 cm³/mol. The molecule has 146 valence electrons. The second-order valence-corrected chi connectivity index (χ2v) is 7.00. The Balaban J connectivity index is 1.38. The second-order valence-electron chi connectivity index (χ2n) is 6.06. The van der Waals surface area contributed by atoms with E-state index in [2.05, 4.69) is 20.8 Å². The van der Waals surface area contributed by atoms with Crippen molar-refractivity contribution in [2.45, 2.75) is 11.7 Å². The van der Waals surface area contributed by atoms with Gasteiger partial charge in [-0.05, 0) is 36.4 Å². The molecule has 0 bridgehead atoms. The number of hydrogen-bond donors (Lipinski definition) is 2. The van der Waals surface area contributed by atoms with Crippen LogP contribution in [0.25, 0.3) is 5.65 Å². The van der Waals surface area contributed by atoms with Crippen molar-refractivity contribution in [3.63, 3.8) is 0 Å². The number of thioether (sulfide) groups is 1. The zero-order valence-corrected chi connectivity index (χ0v) is 16.1. The number of anilines is 1. The van der Waals surface area contributed by atoms with E-state index in [1.54, 1.807) is 42.7 Å². The van der Waals surface area contributed by atoms with E-state index in [0.717, 1.165) is 0 Å². The number of rotatable bonds is 7. The van der Waals surface area contributed by atoms with Crippen LogP contribution in [0.5, 0.6) is 0 Å². The van der Waals surface area contributed by atoms with E-state index in [-0.39, 0.29) is 24.1 Å². The summed E-state index contributed by atoms with van der Waals surface area (Å²) in [6.07, 6.45) is 3.39. The van der Waals surface area contributed by atoms with Crippen LogP contribution in [0.1, 0.15) is 16.1 Å². The van der Waals surface area contributed by atoms with Crippen molar-refractivity contribution in [2.24, 2.45) is 0 Å². The maximum Gasteiger partial charge on any atom is 0.253 e. The van der Waals surface area contributed by atoms with E-state index in [1.807, 2.05) is 28.8 Å². The van der Waals surface area contributed by atoms with Crippen LogP contribution in [0.2, 0.25) is 0 Å². The Bertz CT molecular complexity index is 1140. The molecule has 9 heteroatoms. The van der Waals surface area contributed by atoms with Crippen LogP contribution in [0, 0.1) is 0 Å². The Morgan fingerprint density at radius 1 is 1.03 bits per heavy atom. The lowest BCUT2D eigenvalue weighted by Crippen LogP contribution is -2.25. The van der Waals surface area contributed by atoms with Crippen LogP contribution < -0.4 is 10.6 Å². The summed E-state index contributed by atoms with van der Waals surface area (Å²) < 4.78 is 7.03. The molecule has 0 aliphatic rings. The van der Waals surface area contributed by atoms with Gasteiger partial charge in [0.05, 0.1) is 29.8 Å². The number of pyridine rings is 1. The number of aromatic nitrogens is 3. The summed E-state index contributed by atoms with van der Waals surface area (Å²) in [6, 6.07) is 16.0. The molecule has 3 heterocycles. The van der Waals surface area contributed by atoms with Gasteiger partial charge < -0.3 is 15.1 Å². The number of benzene rings is 1. The minimum atomic E-state index is -0.298. The van der Waals surface area contributed by atoms with Gasteiger partial charge >= 0.3 is 0 Å². The number of nitrogens with one attached hydrogen (secondary N) is 2. The average molecular weight is 407 g/mol. The molecule has 4 rings (SSSR count). The van der Waals surface area contributed by atoms with Crippen molar-refractivity contribution in [1.29, 1.82) is 0 Å². The lowest BCUT2D eigenvalue weighted by Gasteiger charge is -2.11. The molecule has 0 atom stereocenters. The first-order valence-corrected chi connectivity index (χ1v) is 9.81. The summed E-state index contributed by atoms with van der Waals surface area (Å²) in [7, 11) is 0. The molecule has 0 radical (unpaired) electrons. The number of para-hydroxylation sites is 1. The fourth-order valence-electron chi connectivity index (χ4n) is 2.70. The first-order valence-electron chi connectivity index (χ1n) is 8.83. The highest BCUT2D eigenvalue weighted by Crippen LogP contribution is 2.19. The molecule has 2 amide bonds. The van der Waals surface area contributed by atoms with Gasteiger partial charge in [0, 0.05) is 6.20 Å². The van der Waals surface area contributed by atoms with Gasteiger partial charge in [-0.1, -0.05) is 30.0 Å². The molecule has 1 aromatic carbocycles. The molecule has 8 nitrogen and oxygen atoms in total. The molecule has 0 saturated heterocycles. The van der Waals surface area contributed by atoms with E-state index >= 15 is 0 Å². The van der Waals surface area contributed by atoms with E-state index in [1.165, 1.54) is 11.8 Å². The molecule has 0 saturated carbocycles. The predicted octanol–water partition coefficient (Wildman–Crippen LogP) is 2.98. The van der Waals surface area contributed by atoms with Gasteiger partial charge in [-0.3, -0.25) is 14.0 Å². The molecular formula is C20H17N5O3S. The fraction of sp³-hybridized carbons (Fsp3) is 0.100. The van der Waals surface area contributed by atoms with Crippen molar-refractivity contribution in [1.82, 2.24) is 19.9 Å². The first kappa shape index (κ1) is 18.8. The summed E-state index contributed by atoms with van der Waals surface area (Å²) in [5.41, 5.74) is 1.54. The van der Waals surface area contributed by atoms with Crippen LogP contribution in [-0.2, 0) is 11.3 Å². The zero-order valence-electron chi connectivity index (χ0n) is 15.2. The van der Waals surface area contributed by atoms with Crippen molar-refractivity contribution in [3.8, 4) is 0 Å². The lowest BCUT2D eigenvalue weighted by atomic mass is 10.1. The number of amides is 2. The Labute approximate surface area is 170 Å². The third-order valence-electron chi connectivity index (χ3n) is 4.06. The molecule has 3 aromatic heterocycles. The fourth-order valence-corrected chi connectivity index (χ4v) is 3.42. The van der Waals surface area contributed by atoms with Gasteiger partial charge in [0.2, 0.25) is 5.91 Å². The molecule has 0 fully saturated rings. The molecule has 0 spiro atoms. The number of fused-ring (bicyclic) bond motifs is 1. The van der Waals surface area contributed by atoms with Crippen LogP contribution >= 0.6 is 11.8 Å². The molecule has 4 aromatic rings. The summed E-state index contributed by atoms with van der Waals surface area (Å²) in [4.78, 5) is 24.9. The molecule has 0 aliphatic heterocycles. The Morgan fingerprint density at radius 3 is 2.76 bits per heavy atom. The van der Waals surface area contributed by atoms with Crippen molar-refractivity contribution in [2.75, 3.05) is 11.1 Å². The maximum absolute atomic E-state index is 12.5. The summed E-state index contributed by atoms with van der Waals surface area (Å²) in [5, 5.41) is 14.3. The Hall–Kier alpha value is -3.59. The molecule has 0 aliphatic carbocycles. The first-order chi connectivity index (χ1) is 14.2. The highest BCUT2D eigenvalue weighted by Gasteiger charge is 2.14. The van der Waals surface area contributed by atoms with Gasteiger partial charge in [-0.2, -0.15) is 0 Å². The standard InChI is InChI=1S/C20H17N5O3S/c26-18(13-29-20-24-23-17-9-3-4-10-25(17)20)22-16-8-2-1-7-15(16)19(27)21-12-14-6-5-11-28-14/h1-11H,12-13H2,(H,21,27)(H,22,26). The third kappa shape index (κ3) is 4.46. The number of carbonyl (C=O) groups excluding carboxylic acids is 2. The Kier molecular flexibility index (Phi) is 5.57. The molecular weight excluding hydrogens is 390 g/mol. The second kappa shape index (κ2) is 8.61. The molecule has 2 N–H and O–H groups in total. The van der Waals surface area contributed by atoms with Crippen molar-refractivity contribution >= 4 is 34.9 Å². The number of hydrogen-bond acceptors (Lipinski definition) is 6. The zero-order chi connectivity index (χ0) is 20.1. The van der Waals surface area contributed by atoms with Crippen LogP contribution in [0.3, 0.4) is 0 Å². The highest BCUT2D eigenvalue weighted by atomic mass is 32.2. The minimum absolute atomic E-state index is 0.137. The topological polar surface area (TPSA) is 102 Å². The third-order valence-corrected chi connectivity index (χ3v) is 5.01. The average Bonchev–Trinajstić information content (AvgIpc) is 3.41. The van der Waals surface area contributed by atoms with E-state index < -0.39 is 0 Å². The van der Waals surface area contributed by atoms with Crippen LogP contribution in [-0.4, -0.2) is 32.2 Å². The summed E-state index contributed by atoms with van der Waals surface area (Å²) >= 11 is 1.27. The minimum Gasteiger partial charge on any atom is -0.467 e. The monoisotopic (exact) mass is 407 g/mol. The van der Waals surface area contributed by atoms with Crippen LogP contribution in [0.15, 0.2) is 76.6 Å². The van der Waals surface area contributed by atoms with Gasteiger partial charge in [0.15, 0.2) is 10.8 Å². The van der Waals surface area contributed by atoms with Crippen LogP contribution in [0.4, 0.5) is 5.69 Å². The van der Waals surface area contributed by atoms with E-state index in [4.69, 9.17) is 4.42 Å². The summed E-state index contributed by atoms with van der Waals surface area (Å²) in [5.74, 6) is 0.247. The summed E-state index contributed by atoms with van der Waals surface area (Å²) in [6.45, 7) is 0.268. The number of nitrogens with zero attached hydrogens (tertiary/aromatic N) is 3. The maximum atomic E-state index is 12.5. The number of furan rings is 1. The lowest BCUT2D eigenvalue weighted by molar-refractivity contribution is -0.113. The van der Waals surface area contributed by atoms with Gasteiger partial charge in [-0.15, -0.1) is 10.2 Å². The van der Waals surface area contributed by atoms with Crippen molar-refractivity contribution in [3.05, 3.63) is 78.4 Å². The number of carbonyl (C=O) groups is 2. The van der Waals surface area contributed by atoms with E-state index in [9.17, 15) is 9.59 Å². The quantitative estimate of drug-likeness (QED) is 0.457. The largest absolute Gasteiger partial charge is 0.467 e. The highest BCUT2D eigenvalue weighted by molar-refractivity contribution is 7.99. The van der Waals surface area contributed by atoms with Gasteiger partial charge in [0.1, 0.15) is 5.76 Å². The van der Waals surface area contributed by atoms with Crippen molar-refractivity contribution < 1.29 is 14.0 Å². The Morgan fingerprint density at radius 2 is 1.90 bits per heavy atom. The van der Waals surface area contributed by atoms with Gasteiger partial charge in [0.25, 0.3) is 5.91 Å². The SMILES string of the molecule is O=C(CSc1nnc2ccccn12)Nc1ccccc1C(=O)NCc1ccco1. The normalized spacial score (nSPS) is 10.8.